The van der Waals surface area contributed by atoms with E-state index >= 15 is 0 Å². The van der Waals surface area contributed by atoms with E-state index in [1.54, 1.807) is 6.33 Å². The normalized spacial score (nSPS) is 11.1. The zero-order chi connectivity index (χ0) is 14.2. The number of hydrogen-bond acceptors (Lipinski definition) is 2. The largest absolute Gasteiger partial charge is 0.236 e. The van der Waals surface area contributed by atoms with Crippen LogP contribution in [0.15, 0.2) is 67.0 Å². The van der Waals surface area contributed by atoms with E-state index in [2.05, 4.69) is 59.4 Å². The molecular weight excluding hydrogens is 256 g/mol. The Labute approximate surface area is 123 Å². The Morgan fingerprint density at radius 2 is 1.48 bits per heavy atom. The van der Waals surface area contributed by atoms with Gasteiger partial charge in [0.25, 0.3) is 0 Å². The van der Waals surface area contributed by atoms with E-state index in [4.69, 9.17) is 0 Å². The van der Waals surface area contributed by atoms with Crippen molar-refractivity contribution in [3.8, 4) is 11.3 Å². The van der Waals surface area contributed by atoms with Gasteiger partial charge in [0.15, 0.2) is 0 Å². The maximum atomic E-state index is 4.53. The summed E-state index contributed by atoms with van der Waals surface area (Å²) in [6, 6.07) is 20.9. The highest BCUT2D eigenvalue weighted by Crippen LogP contribution is 2.31. The molecule has 2 heteroatoms. The number of fused-ring (bicyclic) bond motifs is 3. The van der Waals surface area contributed by atoms with Crippen LogP contribution in [0.2, 0.25) is 0 Å². The predicted octanol–water partition coefficient (Wildman–Crippen LogP) is 4.76. The average Bonchev–Trinajstić information content (AvgIpc) is 2.55. The number of aromatic nitrogens is 2. The first-order chi connectivity index (χ1) is 10.3. The van der Waals surface area contributed by atoms with E-state index in [0.29, 0.717) is 0 Å². The van der Waals surface area contributed by atoms with Crippen LogP contribution in [0, 0.1) is 6.92 Å². The molecule has 4 rings (SSSR count). The summed E-state index contributed by atoms with van der Waals surface area (Å²) in [6.07, 6.45) is 1.66. The monoisotopic (exact) mass is 270 g/mol. The summed E-state index contributed by atoms with van der Waals surface area (Å²) in [5.74, 6) is 0. The standard InChI is InChI=1S/C19H14N2/c1-13-6-5-9-16-15(13)10-11-17-18(20-12-21-19(16)17)14-7-3-2-4-8-14/h2-12H,1H3. The highest BCUT2D eigenvalue weighted by molar-refractivity contribution is 6.09. The lowest BCUT2D eigenvalue weighted by Crippen LogP contribution is -1.90. The first-order valence-corrected chi connectivity index (χ1v) is 7.03. The van der Waals surface area contributed by atoms with Gasteiger partial charge in [-0.25, -0.2) is 9.97 Å². The Hall–Kier alpha value is -2.74. The molecule has 0 unspecified atom stereocenters. The summed E-state index contributed by atoms with van der Waals surface area (Å²) >= 11 is 0. The fourth-order valence-electron chi connectivity index (χ4n) is 2.87. The molecule has 1 heterocycles. The highest BCUT2D eigenvalue weighted by Gasteiger charge is 2.09. The Morgan fingerprint density at radius 3 is 2.33 bits per heavy atom. The van der Waals surface area contributed by atoms with Crippen molar-refractivity contribution in [3.05, 3.63) is 72.6 Å². The van der Waals surface area contributed by atoms with Crippen molar-refractivity contribution in [3.63, 3.8) is 0 Å². The molecule has 0 saturated carbocycles. The molecule has 0 amide bonds. The molecule has 2 nitrogen and oxygen atoms in total. The molecule has 0 atom stereocenters. The maximum Gasteiger partial charge on any atom is 0.116 e. The quantitative estimate of drug-likeness (QED) is 0.466. The second-order valence-electron chi connectivity index (χ2n) is 5.22. The summed E-state index contributed by atoms with van der Waals surface area (Å²) < 4.78 is 0. The molecule has 0 saturated heterocycles. The van der Waals surface area contributed by atoms with Gasteiger partial charge in [-0.1, -0.05) is 54.6 Å². The lowest BCUT2D eigenvalue weighted by Gasteiger charge is -2.09. The van der Waals surface area contributed by atoms with Gasteiger partial charge in [0.1, 0.15) is 6.33 Å². The van der Waals surface area contributed by atoms with E-state index in [1.165, 1.54) is 16.3 Å². The lowest BCUT2D eigenvalue weighted by atomic mass is 10.00. The van der Waals surface area contributed by atoms with E-state index in [0.717, 1.165) is 22.2 Å². The molecule has 4 aromatic rings. The van der Waals surface area contributed by atoms with Gasteiger partial charge in [-0.05, 0) is 23.9 Å². The van der Waals surface area contributed by atoms with Crippen LogP contribution in [-0.4, -0.2) is 9.97 Å². The first kappa shape index (κ1) is 12.0. The van der Waals surface area contributed by atoms with Gasteiger partial charge < -0.3 is 0 Å². The summed E-state index contributed by atoms with van der Waals surface area (Å²) in [5, 5.41) is 3.54. The third-order valence-corrected chi connectivity index (χ3v) is 3.93. The maximum absolute atomic E-state index is 4.53. The topological polar surface area (TPSA) is 25.8 Å². The molecule has 100 valence electrons. The van der Waals surface area contributed by atoms with Gasteiger partial charge in [0, 0.05) is 16.3 Å². The fourth-order valence-corrected chi connectivity index (χ4v) is 2.87. The highest BCUT2D eigenvalue weighted by atomic mass is 14.8. The van der Waals surface area contributed by atoms with Gasteiger partial charge >= 0.3 is 0 Å². The predicted molar refractivity (Wildman–Crippen MR) is 87.2 cm³/mol. The van der Waals surface area contributed by atoms with E-state index < -0.39 is 0 Å². The van der Waals surface area contributed by atoms with Crippen molar-refractivity contribution < 1.29 is 0 Å². The zero-order valence-corrected chi connectivity index (χ0v) is 11.7. The molecule has 1 aromatic heterocycles. The molecule has 21 heavy (non-hydrogen) atoms. The molecular formula is C19H14N2. The third kappa shape index (κ3) is 1.88. The molecule has 0 spiro atoms. The molecule has 0 bridgehead atoms. The van der Waals surface area contributed by atoms with Crippen LogP contribution in [-0.2, 0) is 0 Å². The van der Waals surface area contributed by atoms with Crippen LogP contribution in [0.3, 0.4) is 0 Å². The molecule has 0 aliphatic rings. The van der Waals surface area contributed by atoms with Crippen molar-refractivity contribution in [1.82, 2.24) is 9.97 Å². The minimum atomic E-state index is 0.990. The smallest absolute Gasteiger partial charge is 0.116 e. The van der Waals surface area contributed by atoms with E-state index in [9.17, 15) is 0 Å². The van der Waals surface area contributed by atoms with Crippen LogP contribution < -0.4 is 0 Å². The Bertz CT molecular complexity index is 943. The van der Waals surface area contributed by atoms with Crippen LogP contribution in [0.1, 0.15) is 5.56 Å². The summed E-state index contributed by atoms with van der Waals surface area (Å²) in [5.41, 5.74) is 4.40. The molecule has 0 N–H and O–H groups in total. The Balaban J connectivity index is 2.12. The molecule has 0 aliphatic heterocycles. The zero-order valence-electron chi connectivity index (χ0n) is 11.7. The second-order valence-corrected chi connectivity index (χ2v) is 5.22. The Morgan fingerprint density at radius 1 is 0.667 bits per heavy atom. The van der Waals surface area contributed by atoms with Gasteiger partial charge in [-0.15, -0.1) is 0 Å². The Kier molecular flexibility index (Phi) is 2.68. The van der Waals surface area contributed by atoms with Crippen molar-refractivity contribution in [1.29, 1.82) is 0 Å². The van der Waals surface area contributed by atoms with Crippen LogP contribution in [0.25, 0.3) is 32.9 Å². The van der Waals surface area contributed by atoms with E-state index in [-0.39, 0.29) is 0 Å². The van der Waals surface area contributed by atoms with Crippen LogP contribution in [0.5, 0.6) is 0 Å². The summed E-state index contributed by atoms with van der Waals surface area (Å²) in [6.45, 7) is 2.13. The number of aryl methyl sites for hydroxylation is 1. The van der Waals surface area contributed by atoms with Crippen LogP contribution >= 0.6 is 0 Å². The van der Waals surface area contributed by atoms with Gasteiger partial charge in [0.2, 0.25) is 0 Å². The first-order valence-electron chi connectivity index (χ1n) is 7.03. The summed E-state index contributed by atoms with van der Waals surface area (Å²) in [7, 11) is 0. The second kappa shape index (κ2) is 4.67. The molecule has 0 radical (unpaired) electrons. The van der Waals surface area contributed by atoms with Gasteiger partial charge in [0.05, 0.1) is 11.2 Å². The average molecular weight is 270 g/mol. The lowest BCUT2D eigenvalue weighted by molar-refractivity contribution is 1.23. The van der Waals surface area contributed by atoms with Crippen molar-refractivity contribution in [2.75, 3.05) is 0 Å². The number of nitrogens with zero attached hydrogens (tertiary/aromatic N) is 2. The molecule has 3 aromatic carbocycles. The minimum absolute atomic E-state index is 0.990. The summed E-state index contributed by atoms with van der Waals surface area (Å²) in [4.78, 5) is 9.02. The van der Waals surface area contributed by atoms with Gasteiger partial charge in [-0.3, -0.25) is 0 Å². The number of hydrogen-bond donors (Lipinski definition) is 0. The van der Waals surface area contributed by atoms with Gasteiger partial charge in [-0.2, -0.15) is 0 Å². The van der Waals surface area contributed by atoms with Crippen molar-refractivity contribution in [2.24, 2.45) is 0 Å². The van der Waals surface area contributed by atoms with Crippen molar-refractivity contribution >= 4 is 21.7 Å². The molecule has 0 aliphatic carbocycles. The van der Waals surface area contributed by atoms with Crippen molar-refractivity contribution in [2.45, 2.75) is 6.92 Å². The van der Waals surface area contributed by atoms with E-state index in [1.807, 2.05) is 18.2 Å². The number of rotatable bonds is 1. The fraction of sp³-hybridized carbons (Fsp3) is 0.0526. The SMILES string of the molecule is Cc1cccc2c1ccc1c(-c3ccccc3)ncnc12. The minimum Gasteiger partial charge on any atom is -0.236 e. The third-order valence-electron chi connectivity index (χ3n) is 3.93. The number of benzene rings is 3. The molecule has 0 fully saturated rings. The van der Waals surface area contributed by atoms with Crippen LogP contribution in [0.4, 0.5) is 0 Å².